The summed E-state index contributed by atoms with van der Waals surface area (Å²) < 4.78 is 5.02. The maximum atomic E-state index is 12.5. The Kier molecular flexibility index (Phi) is 6.25. The number of piperidine rings is 2. The molecule has 1 N–H and O–H groups in total. The molecule has 0 spiro atoms. The van der Waals surface area contributed by atoms with Gasteiger partial charge in [-0.05, 0) is 39.0 Å². The van der Waals surface area contributed by atoms with E-state index >= 15 is 0 Å². The summed E-state index contributed by atoms with van der Waals surface area (Å²) >= 11 is 0. The maximum Gasteiger partial charge on any atom is 0.409 e. The van der Waals surface area contributed by atoms with Gasteiger partial charge in [-0.3, -0.25) is 4.79 Å². The second-order valence-electron chi connectivity index (χ2n) is 6.74. The molecule has 0 radical (unpaired) electrons. The van der Waals surface area contributed by atoms with Crippen molar-refractivity contribution >= 4 is 17.8 Å². The van der Waals surface area contributed by atoms with Crippen LogP contribution in [0.1, 0.15) is 49.5 Å². The van der Waals surface area contributed by atoms with Gasteiger partial charge < -0.3 is 19.9 Å². The predicted octanol–water partition coefficient (Wildman–Crippen LogP) is 1.82. The molecule has 0 atom stereocenters. The number of hydrogen-bond donors (Lipinski definition) is 1. The van der Waals surface area contributed by atoms with Gasteiger partial charge in [0.05, 0.1) is 6.61 Å². The molecule has 3 rings (SSSR count). The number of amides is 2. The van der Waals surface area contributed by atoms with Crippen molar-refractivity contribution in [1.82, 2.24) is 20.2 Å². The maximum absolute atomic E-state index is 12.5. The molecule has 0 bridgehead atoms. The number of ether oxygens (including phenoxy) is 1. The fourth-order valence-corrected chi connectivity index (χ4v) is 3.45. The highest BCUT2D eigenvalue weighted by molar-refractivity contribution is 5.93. The number of hydrogen-bond acceptors (Lipinski definition) is 6. The van der Waals surface area contributed by atoms with Crippen molar-refractivity contribution in [2.75, 3.05) is 37.7 Å². The molecular formula is C18H27N5O3. The third kappa shape index (κ3) is 4.62. The van der Waals surface area contributed by atoms with Crippen LogP contribution in [0.2, 0.25) is 0 Å². The molecule has 0 aliphatic carbocycles. The van der Waals surface area contributed by atoms with Crippen molar-refractivity contribution in [2.24, 2.45) is 0 Å². The monoisotopic (exact) mass is 361 g/mol. The van der Waals surface area contributed by atoms with Crippen LogP contribution >= 0.6 is 0 Å². The Labute approximate surface area is 153 Å². The molecule has 0 unspecified atom stereocenters. The van der Waals surface area contributed by atoms with Crippen LogP contribution in [-0.4, -0.2) is 65.7 Å². The lowest BCUT2D eigenvalue weighted by Crippen LogP contribution is -2.46. The summed E-state index contributed by atoms with van der Waals surface area (Å²) in [6.07, 6.45) is 6.18. The van der Waals surface area contributed by atoms with E-state index in [0.29, 0.717) is 38.2 Å². The SMILES string of the molecule is CCOC(=O)N1CCC(NC(=O)c2cc(N3CCCCC3)ncn2)CC1. The van der Waals surface area contributed by atoms with Crippen molar-refractivity contribution in [1.29, 1.82) is 0 Å². The number of carbonyl (C=O) groups excluding carboxylic acids is 2. The van der Waals surface area contributed by atoms with Crippen molar-refractivity contribution in [3.05, 3.63) is 18.1 Å². The van der Waals surface area contributed by atoms with Crippen molar-refractivity contribution in [3.63, 3.8) is 0 Å². The average Bonchev–Trinajstić information content (AvgIpc) is 2.69. The molecule has 1 aromatic heterocycles. The van der Waals surface area contributed by atoms with E-state index in [-0.39, 0.29) is 18.0 Å². The van der Waals surface area contributed by atoms with Gasteiger partial charge in [0.1, 0.15) is 17.8 Å². The van der Waals surface area contributed by atoms with Gasteiger partial charge in [0.15, 0.2) is 0 Å². The van der Waals surface area contributed by atoms with Crippen LogP contribution in [-0.2, 0) is 4.74 Å². The molecule has 0 saturated carbocycles. The van der Waals surface area contributed by atoms with Crippen molar-refractivity contribution in [3.8, 4) is 0 Å². The van der Waals surface area contributed by atoms with E-state index in [0.717, 1.165) is 31.7 Å². The molecule has 2 amide bonds. The third-order valence-electron chi connectivity index (χ3n) is 4.92. The molecule has 1 aromatic rings. The Bertz CT molecular complexity index is 625. The highest BCUT2D eigenvalue weighted by atomic mass is 16.6. The summed E-state index contributed by atoms with van der Waals surface area (Å²) in [4.78, 5) is 36.6. The number of anilines is 1. The number of carbonyl (C=O) groups is 2. The second-order valence-corrected chi connectivity index (χ2v) is 6.74. The van der Waals surface area contributed by atoms with Crippen molar-refractivity contribution < 1.29 is 14.3 Å². The fourth-order valence-electron chi connectivity index (χ4n) is 3.45. The van der Waals surface area contributed by atoms with Crippen LogP contribution in [0.25, 0.3) is 0 Å². The van der Waals surface area contributed by atoms with Crippen LogP contribution in [0.4, 0.5) is 10.6 Å². The minimum atomic E-state index is -0.278. The summed E-state index contributed by atoms with van der Waals surface area (Å²) in [6, 6.07) is 1.82. The van der Waals surface area contributed by atoms with E-state index in [2.05, 4.69) is 20.2 Å². The first kappa shape index (κ1) is 18.4. The molecule has 2 saturated heterocycles. The first-order valence-corrected chi connectivity index (χ1v) is 9.47. The van der Waals surface area contributed by atoms with Gasteiger partial charge >= 0.3 is 6.09 Å². The number of rotatable bonds is 4. The van der Waals surface area contributed by atoms with E-state index < -0.39 is 0 Å². The molecule has 3 heterocycles. The molecule has 0 aromatic carbocycles. The second kappa shape index (κ2) is 8.82. The average molecular weight is 361 g/mol. The Morgan fingerprint density at radius 3 is 2.58 bits per heavy atom. The largest absolute Gasteiger partial charge is 0.450 e. The topological polar surface area (TPSA) is 87.7 Å². The van der Waals surface area contributed by atoms with E-state index in [4.69, 9.17) is 4.74 Å². The van der Waals surface area contributed by atoms with Gasteiger partial charge in [0, 0.05) is 38.3 Å². The Hall–Kier alpha value is -2.38. The zero-order valence-electron chi connectivity index (χ0n) is 15.3. The summed E-state index contributed by atoms with van der Waals surface area (Å²) in [7, 11) is 0. The quantitative estimate of drug-likeness (QED) is 0.880. The van der Waals surface area contributed by atoms with E-state index in [1.165, 1.54) is 12.7 Å². The van der Waals surface area contributed by atoms with Crippen LogP contribution < -0.4 is 10.2 Å². The Morgan fingerprint density at radius 1 is 1.15 bits per heavy atom. The standard InChI is InChI=1S/C18H27N5O3/c1-2-26-18(25)23-10-6-14(7-11-23)21-17(24)15-12-16(20-13-19-15)22-8-4-3-5-9-22/h12-14H,2-11H2,1H3,(H,21,24). The van der Waals surface area contributed by atoms with Gasteiger partial charge in [-0.15, -0.1) is 0 Å². The molecule has 142 valence electrons. The predicted molar refractivity (Wildman–Crippen MR) is 97.2 cm³/mol. The minimum absolute atomic E-state index is 0.0431. The Balaban J connectivity index is 1.53. The zero-order valence-corrected chi connectivity index (χ0v) is 15.3. The number of nitrogens with one attached hydrogen (secondary N) is 1. The molecule has 26 heavy (non-hydrogen) atoms. The van der Waals surface area contributed by atoms with E-state index in [1.54, 1.807) is 17.9 Å². The summed E-state index contributed by atoms with van der Waals surface area (Å²) in [5.41, 5.74) is 0.397. The zero-order chi connectivity index (χ0) is 18.4. The van der Waals surface area contributed by atoms with E-state index in [1.807, 2.05) is 0 Å². The summed E-state index contributed by atoms with van der Waals surface area (Å²) in [5, 5.41) is 3.03. The lowest BCUT2D eigenvalue weighted by molar-refractivity contribution is 0.0856. The van der Waals surface area contributed by atoms with Gasteiger partial charge in [-0.25, -0.2) is 14.8 Å². The van der Waals surface area contributed by atoms with Gasteiger partial charge in [0.25, 0.3) is 5.91 Å². The van der Waals surface area contributed by atoms with Gasteiger partial charge in [-0.1, -0.05) is 0 Å². The number of nitrogens with zero attached hydrogens (tertiary/aromatic N) is 4. The first-order chi connectivity index (χ1) is 12.7. The smallest absolute Gasteiger partial charge is 0.409 e. The molecule has 2 aliphatic heterocycles. The lowest BCUT2D eigenvalue weighted by Gasteiger charge is -2.31. The lowest BCUT2D eigenvalue weighted by atomic mass is 10.1. The number of aromatic nitrogens is 2. The van der Waals surface area contributed by atoms with Crippen LogP contribution in [0.3, 0.4) is 0 Å². The van der Waals surface area contributed by atoms with Crippen molar-refractivity contribution in [2.45, 2.75) is 45.1 Å². The van der Waals surface area contributed by atoms with Crippen LogP contribution in [0.15, 0.2) is 12.4 Å². The van der Waals surface area contributed by atoms with Crippen LogP contribution in [0, 0.1) is 0 Å². The van der Waals surface area contributed by atoms with Gasteiger partial charge in [-0.2, -0.15) is 0 Å². The Morgan fingerprint density at radius 2 is 1.88 bits per heavy atom. The molecule has 2 aliphatic rings. The fraction of sp³-hybridized carbons (Fsp3) is 0.667. The molecular weight excluding hydrogens is 334 g/mol. The summed E-state index contributed by atoms with van der Waals surface area (Å²) in [5.74, 6) is 0.641. The minimum Gasteiger partial charge on any atom is -0.450 e. The summed E-state index contributed by atoms with van der Waals surface area (Å²) in [6.45, 7) is 5.31. The normalized spacial score (nSPS) is 18.5. The highest BCUT2D eigenvalue weighted by Gasteiger charge is 2.25. The third-order valence-corrected chi connectivity index (χ3v) is 4.92. The molecule has 8 heteroatoms. The van der Waals surface area contributed by atoms with Gasteiger partial charge in [0.2, 0.25) is 0 Å². The molecule has 8 nitrogen and oxygen atoms in total. The highest BCUT2D eigenvalue weighted by Crippen LogP contribution is 2.18. The van der Waals surface area contributed by atoms with E-state index in [9.17, 15) is 9.59 Å². The molecule has 2 fully saturated rings. The number of likely N-dealkylation sites (tertiary alicyclic amines) is 1. The van der Waals surface area contributed by atoms with Crippen LogP contribution in [0.5, 0.6) is 0 Å². The first-order valence-electron chi connectivity index (χ1n) is 9.47.